The molecule has 0 aromatic carbocycles. The van der Waals surface area contributed by atoms with Gasteiger partial charge in [-0.25, -0.2) is 4.98 Å². The van der Waals surface area contributed by atoms with Crippen molar-refractivity contribution in [3.8, 4) is 0 Å². The van der Waals surface area contributed by atoms with Gasteiger partial charge >= 0.3 is 0 Å². The molecule has 1 heterocycles. The number of imidazole rings is 1. The number of aliphatic hydroxyl groups is 1. The number of aromatic nitrogens is 2. The lowest BCUT2D eigenvalue weighted by molar-refractivity contribution is -0.122. The fourth-order valence-corrected chi connectivity index (χ4v) is 2.08. The van der Waals surface area contributed by atoms with Crippen LogP contribution >= 0.6 is 0 Å². The van der Waals surface area contributed by atoms with Crippen LogP contribution in [-0.4, -0.2) is 32.7 Å². The molecule has 0 aliphatic heterocycles. The molecular formula is C15H27N3O2. The Kier molecular flexibility index (Phi) is 6.20. The lowest BCUT2D eigenvalue weighted by Crippen LogP contribution is -2.42. The molecule has 0 aliphatic rings. The van der Waals surface area contributed by atoms with Crippen LogP contribution in [0.25, 0.3) is 0 Å². The molecule has 1 amide bonds. The first-order chi connectivity index (χ1) is 9.41. The molecule has 5 heteroatoms. The summed E-state index contributed by atoms with van der Waals surface area (Å²) < 4.78 is 2.01. The van der Waals surface area contributed by atoms with Crippen molar-refractivity contribution in [1.29, 1.82) is 0 Å². The van der Waals surface area contributed by atoms with E-state index in [2.05, 4.69) is 24.1 Å². The van der Waals surface area contributed by atoms with Gasteiger partial charge in [-0.15, -0.1) is 0 Å². The van der Waals surface area contributed by atoms with E-state index >= 15 is 0 Å². The van der Waals surface area contributed by atoms with Gasteiger partial charge in [0.1, 0.15) is 5.82 Å². The van der Waals surface area contributed by atoms with E-state index in [0.717, 1.165) is 5.82 Å². The highest BCUT2D eigenvalue weighted by molar-refractivity contribution is 5.75. The monoisotopic (exact) mass is 281 g/mol. The molecule has 5 nitrogen and oxygen atoms in total. The summed E-state index contributed by atoms with van der Waals surface area (Å²) in [6.07, 6.45) is 5.35. The van der Waals surface area contributed by atoms with Crippen LogP contribution in [-0.2, 0) is 11.3 Å². The zero-order valence-corrected chi connectivity index (χ0v) is 13.0. The number of rotatable bonds is 8. The Morgan fingerprint density at radius 2 is 2.10 bits per heavy atom. The van der Waals surface area contributed by atoms with Gasteiger partial charge < -0.3 is 15.0 Å². The second-order valence-electron chi connectivity index (χ2n) is 5.59. The number of nitrogens with zero attached hydrogens (tertiary/aromatic N) is 2. The summed E-state index contributed by atoms with van der Waals surface area (Å²) in [5.41, 5.74) is -0.784. The quantitative estimate of drug-likeness (QED) is 0.766. The molecule has 0 unspecified atom stereocenters. The topological polar surface area (TPSA) is 67.2 Å². The predicted molar refractivity (Wildman–Crippen MR) is 79.5 cm³/mol. The van der Waals surface area contributed by atoms with Crippen LogP contribution in [0, 0.1) is 0 Å². The number of hydrogen-bond donors (Lipinski definition) is 2. The molecule has 1 rings (SSSR count). The SMILES string of the molecule is CCC(O)(CC)CNC(=O)CCn1ccnc1C(C)C. The van der Waals surface area contributed by atoms with E-state index in [-0.39, 0.29) is 5.91 Å². The highest BCUT2D eigenvalue weighted by Crippen LogP contribution is 2.13. The lowest BCUT2D eigenvalue weighted by Gasteiger charge is -2.25. The van der Waals surface area contributed by atoms with Crippen molar-refractivity contribution in [3.63, 3.8) is 0 Å². The predicted octanol–water partition coefficient (Wildman–Crippen LogP) is 2.06. The molecule has 0 bridgehead atoms. The molecule has 0 fully saturated rings. The third kappa shape index (κ3) is 4.63. The molecular weight excluding hydrogens is 254 g/mol. The first-order valence-electron chi connectivity index (χ1n) is 7.42. The van der Waals surface area contributed by atoms with Gasteiger partial charge in [0.15, 0.2) is 0 Å². The molecule has 0 radical (unpaired) electrons. The fourth-order valence-electron chi connectivity index (χ4n) is 2.08. The Hall–Kier alpha value is -1.36. The zero-order valence-electron chi connectivity index (χ0n) is 13.0. The van der Waals surface area contributed by atoms with Gasteiger partial charge in [-0.05, 0) is 12.8 Å². The third-order valence-electron chi connectivity index (χ3n) is 3.77. The Morgan fingerprint density at radius 1 is 1.45 bits per heavy atom. The molecule has 0 saturated heterocycles. The van der Waals surface area contributed by atoms with Gasteiger partial charge in [0.05, 0.1) is 5.60 Å². The molecule has 0 aliphatic carbocycles. The van der Waals surface area contributed by atoms with E-state index in [1.54, 1.807) is 6.20 Å². The smallest absolute Gasteiger partial charge is 0.221 e. The number of carbonyl (C=O) groups is 1. The van der Waals surface area contributed by atoms with Crippen molar-refractivity contribution < 1.29 is 9.90 Å². The number of amides is 1. The van der Waals surface area contributed by atoms with E-state index < -0.39 is 5.60 Å². The number of hydrogen-bond acceptors (Lipinski definition) is 3. The maximum absolute atomic E-state index is 11.8. The van der Waals surface area contributed by atoms with Crippen LogP contribution in [0.15, 0.2) is 12.4 Å². The standard InChI is InChI=1S/C15H27N3O2/c1-5-15(20,6-2)11-17-13(19)7-9-18-10-8-16-14(18)12(3)4/h8,10,12,20H,5-7,9,11H2,1-4H3,(H,17,19). The summed E-state index contributed by atoms with van der Waals surface area (Å²) in [6, 6.07) is 0. The van der Waals surface area contributed by atoms with Crippen molar-refractivity contribution in [2.75, 3.05) is 6.54 Å². The van der Waals surface area contributed by atoms with Crippen LogP contribution in [0.5, 0.6) is 0 Å². The molecule has 1 aromatic rings. The number of carbonyl (C=O) groups excluding carboxylic acids is 1. The van der Waals surface area contributed by atoms with Crippen LogP contribution in [0.4, 0.5) is 0 Å². The summed E-state index contributed by atoms with van der Waals surface area (Å²) in [5.74, 6) is 1.31. The summed E-state index contributed by atoms with van der Waals surface area (Å²) >= 11 is 0. The Labute approximate surface area is 121 Å². The van der Waals surface area contributed by atoms with Crippen LogP contribution < -0.4 is 5.32 Å². The summed E-state index contributed by atoms with van der Waals surface area (Å²) in [4.78, 5) is 16.1. The van der Waals surface area contributed by atoms with Crippen molar-refractivity contribution in [3.05, 3.63) is 18.2 Å². The van der Waals surface area contributed by atoms with E-state index in [0.29, 0.717) is 38.3 Å². The van der Waals surface area contributed by atoms with Gasteiger partial charge in [-0.3, -0.25) is 4.79 Å². The van der Waals surface area contributed by atoms with Crippen molar-refractivity contribution in [2.24, 2.45) is 0 Å². The first-order valence-corrected chi connectivity index (χ1v) is 7.42. The Bertz CT molecular complexity index is 423. The molecule has 114 valence electrons. The molecule has 1 aromatic heterocycles. The minimum Gasteiger partial charge on any atom is -0.388 e. The minimum absolute atomic E-state index is 0.0336. The van der Waals surface area contributed by atoms with Crippen molar-refractivity contribution >= 4 is 5.91 Å². The highest BCUT2D eigenvalue weighted by Gasteiger charge is 2.22. The Morgan fingerprint density at radius 3 is 2.65 bits per heavy atom. The van der Waals surface area contributed by atoms with Crippen molar-refractivity contribution in [2.45, 2.75) is 65.0 Å². The van der Waals surface area contributed by atoms with Crippen LogP contribution in [0.2, 0.25) is 0 Å². The molecule has 0 spiro atoms. The second kappa shape index (κ2) is 7.43. The van der Waals surface area contributed by atoms with E-state index in [1.165, 1.54) is 0 Å². The largest absolute Gasteiger partial charge is 0.388 e. The maximum Gasteiger partial charge on any atom is 0.221 e. The first kappa shape index (κ1) is 16.7. The maximum atomic E-state index is 11.8. The normalized spacial score (nSPS) is 11.9. The summed E-state index contributed by atoms with van der Waals surface area (Å²) in [5, 5.41) is 12.9. The minimum atomic E-state index is -0.784. The van der Waals surface area contributed by atoms with Gasteiger partial charge in [-0.1, -0.05) is 27.7 Å². The molecule has 0 saturated carbocycles. The molecule has 2 N–H and O–H groups in total. The average molecular weight is 281 g/mol. The van der Waals surface area contributed by atoms with Gasteiger partial charge in [0.25, 0.3) is 0 Å². The highest BCUT2D eigenvalue weighted by atomic mass is 16.3. The molecule has 0 atom stereocenters. The van der Waals surface area contributed by atoms with Gasteiger partial charge in [0, 0.05) is 37.8 Å². The van der Waals surface area contributed by atoms with Crippen molar-refractivity contribution in [1.82, 2.24) is 14.9 Å². The third-order valence-corrected chi connectivity index (χ3v) is 3.77. The van der Waals surface area contributed by atoms with Gasteiger partial charge in [0.2, 0.25) is 5.91 Å². The number of aryl methyl sites for hydroxylation is 1. The van der Waals surface area contributed by atoms with E-state index in [9.17, 15) is 9.90 Å². The molecule has 20 heavy (non-hydrogen) atoms. The Balaban J connectivity index is 2.42. The van der Waals surface area contributed by atoms with E-state index in [1.807, 2.05) is 24.6 Å². The average Bonchev–Trinajstić information content (AvgIpc) is 2.91. The zero-order chi connectivity index (χ0) is 15.2. The summed E-state index contributed by atoms with van der Waals surface area (Å²) in [6.45, 7) is 8.96. The van der Waals surface area contributed by atoms with Crippen LogP contribution in [0.3, 0.4) is 0 Å². The van der Waals surface area contributed by atoms with Gasteiger partial charge in [-0.2, -0.15) is 0 Å². The van der Waals surface area contributed by atoms with E-state index in [4.69, 9.17) is 0 Å². The lowest BCUT2D eigenvalue weighted by atomic mass is 9.97. The fraction of sp³-hybridized carbons (Fsp3) is 0.733. The number of nitrogens with one attached hydrogen (secondary N) is 1. The summed E-state index contributed by atoms with van der Waals surface area (Å²) in [7, 11) is 0. The van der Waals surface area contributed by atoms with Crippen LogP contribution in [0.1, 0.15) is 58.7 Å². The second-order valence-corrected chi connectivity index (χ2v) is 5.59.